The van der Waals surface area contributed by atoms with Gasteiger partial charge in [-0.3, -0.25) is 0 Å². The molecule has 0 amide bonds. The van der Waals surface area contributed by atoms with Gasteiger partial charge in [0.1, 0.15) is 6.61 Å². The zero-order valence-electron chi connectivity index (χ0n) is 15.3. The molecule has 0 saturated carbocycles. The summed E-state index contributed by atoms with van der Waals surface area (Å²) in [5.74, 6) is -1.10. The van der Waals surface area contributed by atoms with E-state index in [1.807, 2.05) is 0 Å². The van der Waals surface area contributed by atoms with E-state index < -0.39 is 22.0 Å². The molecule has 0 saturated heterocycles. The molecule has 0 aliphatic carbocycles. The fraction of sp³-hybridized carbons (Fsp3) is 0.263. The lowest BCUT2D eigenvalue weighted by molar-refractivity contribution is 0.0471. The van der Waals surface area contributed by atoms with Crippen LogP contribution in [-0.2, 0) is 26.1 Å². The Hall–Kier alpha value is -2.71. The van der Waals surface area contributed by atoms with Gasteiger partial charge < -0.3 is 9.47 Å². The van der Waals surface area contributed by atoms with E-state index in [-0.39, 0.29) is 23.1 Å². The molecule has 27 heavy (non-hydrogen) atoms. The Morgan fingerprint density at radius 1 is 1.00 bits per heavy atom. The van der Waals surface area contributed by atoms with E-state index in [2.05, 4.69) is 9.46 Å². The monoisotopic (exact) mass is 391 g/mol. The van der Waals surface area contributed by atoms with Crippen LogP contribution in [0.25, 0.3) is 0 Å². The van der Waals surface area contributed by atoms with Crippen LogP contribution in [-0.4, -0.2) is 33.5 Å². The Morgan fingerprint density at radius 2 is 1.67 bits per heavy atom. The van der Waals surface area contributed by atoms with Crippen molar-refractivity contribution in [1.29, 1.82) is 0 Å². The maximum absolute atomic E-state index is 12.2. The van der Waals surface area contributed by atoms with Gasteiger partial charge >= 0.3 is 11.9 Å². The van der Waals surface area contributed by atoms with E-state index in [1.54, 1.807) is 38.1 Å². The van der Waals surface area contributed by atoms with Gasteiger partial charge in [0, 0.05) is 6.04 Å². The second-order valence-electron chi connectivity index (χ2n) is 6.07. The van der Waals surface area contributed by atoms with Crippen molar-refractivity contribution < 1.29 is 27.5 Å². The first-order valence-electron chi connectivity index (χ1n) is 8.19. The number of hydrogen-bond acceptors (Lipinski definition) is 6. The number of benzene rings is 2. The third-order valence-corrected chi connectivity index (χ3v) is 5.17. The summed E-state index contributed by atoms with van der Waals surface area (Å²) < 4.78 is 36.7. The summed E-state index contributed by atoms with van der Waals surface area (Å²) in [6.07, 6.45) is 0. The third-order valence-electron chi connectivity index (χ3n) is 3.52. The van der Waals surface area contributed by atoms with Crippen molar-refractivity contribution in [1.82, 2.24) is 4.72 Å². The van der Waals surface area contributed by atoms with Gasteiger partial charge in [-0.1, -0.05) is 18.2 Å². The Balaban J connectivity index is 2.06. The molecule has 0 fully saturated rings. The van der Waals surface area contributed by atoms with Crippen molar-refractivity contribution in [3.63, 3.8) is 0 Å². The number of nitrogens with one attached hydrogen (secondary N) is 1. The average Bonchev–Trinajstić information content (AvgIpc) is 2.65. The topological polar surface area (TPSA) is 98.8 Å². The summed E-state index contributed by atoms with van der Waals surface area (Å²) >= 11 is 0. The molecule has 2 aromatic rings. The summed E-state index contributed by atoms with van der Waals surface area (Å²) in [5, 5.41) is 0. The minimum atomic E-state index is -3.70. The van der Waals surface area contributed by atoms with Crippen molar-refractivity contribution in [2.24, 2.45) is 0 Å². The largest absolute Gasteiger partial charge is 0.465 e. The summed E-state index contributed by atoms with van der Waals surface area (Å²) in [6, 6.07) is 11.8. The van der Waals surface area contributed by atoms with E-state index >= 15 is 0 Å². The average molecular weight is 391 g/mol. The number of methoxy groups -OCH3 is 1. The molecule has 0 aliphatic rings. The summed E-state index contributed by atoms with van der Waals surface area (Å²) in [5.41, 5.74) is 1.21. The molecule has 0 aliphatic heterocycles. The Morgan fingerprint density at radius 3 is 2.26 bits per heavy atom. The smallest absolute Gasteiger partial charge is 0.338 e. The van der Waals surface area contributed by atoms with Crippen LogP contribution in [0.15, 0.2) is 53.4 Å². The molecule has 0 radical (unpaired) electrons. The van der Waals surface area contributed by atoms with Gasteiger partial charge in [-0.05, 0) is 49.7 Å². The van der Waals surface area contributed by atoms with Crippen LogP contribution in [0, 0.1) is 0 Å². The Bertz CT molecular complexity index is 919. The molecule has 0 atom stereocenters. The first kappa shape index (κ1) is 20.6. The predicted octanol–water partition coefficient (Wildman–Crippen LogP) is 2.52. The van der Waals surface area contributed by atoms with Crippen molar-refractivity contribution in [3.8, 4) is 0 Å². The van der Waals surface area contributed by atoms with Crippen LogP contribution >= 0.6 is 0 Å². The molecule has 0 bridgehead atoms. The van der Waals surface area contributed by atoms with Gasteiger partial charge in [0.15, 0.2) is 0 Å². The number of rotatable bonds is 7. The first-order chi connectivity index (χ1) is 12.7. The van der Waals surface area contributed by atoms with Crippen molar-refractivity contribution in [2.75, 3.05) is 7.11 Å². The van der Waals surface area contributed by atoms with Gasteiger partial charge in [-0.25, -0.2) is 22.7 Å². The standard InChI is InChI=1S/C19H21NO6S/c1-13(2)20-27(23,24)17-6-4-5-16(11-17)19(22)26-12-14-7-9-15(10-8-14)18(21)25-3/h4-11,13,20H,12H2,1-3H3. The molecular weight excluding hydrogens is 370 g/mol. The van der Waals surface area contributed by atoms with Gasteiger partial charge in [0.25, 0.3) is 0 Å². The van der Waals surface area contributed by atoms with Crippen molar-refractivity contribution >= 4 is 22.0 Å². The van der Waals surface area contributed by atoms with Crippen LogP contribution in [0.3, 0.4) is 0 Å². The maximum Gasteiger partial charge on any atom is 0.338 e. The zero-order valence-corrected chi connectivity index (χ0v) is 16.1. The van der Waals surface area contributed by atoms with Crippen LogP contribution in [0.2, 0.25) is 0 Å². The molecule has 8 heteroatoms. The van der Waals surface area contributed by atoms with E-state index in [1.165, 1.54) is 31.4 Å². The highest BCUT2D eigenvalue weighted by molar-refractivity contribution is 7.89. The van der Waals surface area contributed by atoms with Crippen molar-refractivity contribution in [2.45, 2.75) is 31.4 Å². The molecule has 2 rings (SSSR count). The number of carbonyl (C=O) groups excluding carboxylic acids is 2. The lowest BCUT2D eigenvalue weighted by Crippen LogP contribution is -2.30. The summed E-state index contributed by atoms with van der Waals surface area (Å²) in [6.45, 7) is 3.41. The highest BCUT2D eigenvalue weighted by Gasteiger charge is 2.18. The van der Waals surface area contributed by atoms with Crippen molar-refractivity contribution in [3.05, 3.63) is 65.2 Å². The maximum atomic E-state index is 12.2. The Labute approximate surface area is 158 Å². The molecule has 0 unspecified atom stereocenters. The minimum absolute atomic E-state index is 0.00641. The molecule has 2 aromatic carbocycles. The van der Waals surface area contributed by atoms with Gasteiger partial charge in [0.05, 0.1) is 23.1 Å². The zero-order chi connectivity index (χ0) is 20.0. The SMILES string of the molecule is COC(=O)c1ccc(COC(=O)c2cccc(S(=O)(=O)NC(C)C)c2)cc1. The van der Waals surface area contributed by atoms with Crippen LogP contribution in [0.1, 0.15) is 40.1 Å². The van der Waals surface area contributed by atoms with Gasteiger partial charge in [-0.2, -0.15) is 0 Å². The van der Waals surface area contributed by atoms with E-state index in [0.717, 1.165) is 0 Å². The van der Waals surface area contributed by atoms with E-state index in [4.69, 9.17) is 4.74 Å². The highest BCUT2D eigenvalue weighted by atomic mass is 32.2. The van der Waals surface area contributed by atoms with E-state index in [9.17, 15) is 18.0 Å². The Kier molecular flexibility index (Phi) is 6.70. The number of hydrogen-bond donors (Lipinski definition) is 1. The fourth-order valence-electron chi connectivity index (χ4n) is 2.26. The lowest BCUT2D eigenvalue weighted by atomic mass is 10.1. The quantitative estimate of drug-likeness (QED) is 0.728. The summed E-state index contributed by atoms with van der Waals surface area (Å²) in [4.78, 5) is 23.6. The van der Waals surface area contributed by atoms with Gasteiger partial charge in [-0.15, -0.1) is 0 Å². The summed E-state index contributed by atoms with van der Waals surface area (Å²) in [7, 11) is -2.41. The number of carbonyl (C=O) groups is 2. The molecule has 144 valence electrons. The fourth-order valence-corrected chi connectivity index (χ4v) is 3.55. The lowest BCUT2D eigenvalue weighted by Gasteiger charge is -2.11. The number of esters is 2. The third kappa shape index (κ3) is 5.63. The van der Waals surface area contributed by atoms with E-state index in [0.29, 0.717) is 11.1 Å². The molecule has 0 spiro atoms. The van der Waals surface area contributed by atoms with Crippen LogP contribution in [0.4, 0.5) is 0 Å². The molecular formula is C19H21NO6S. The molecule has 7 nitrogen and oxygen atoms in total. The van der Waals surface area contributed by atoms with Gasteiger partial charge in [0.2, 0.25) is 10.0 Å². The molecule has 0 heterocycles. The predicted molar refractivity (Wildman–Crippen MR) is 98.8 cm³/mol. The first-order valence-corrected chi connectivity index (χ1v) is 9.68. The second-order valence-corrected chi connectivity index (χ2v) is 7.78. The molecule has 0 aromatic heterocycles. The number of ether oxygens (including phenoxy) is 2. The van der Waals surface area contributed by atoms with Crippen LogP contribution in [0.5, 0.6) is 0 Å². The minimum Gasteiger partial charge on any atom is -0.465 e. The highest BCUT2D eigenvalue weighted by Crippen LogP contribution is 2.14. The molecule has 1 N–H and O–H groups in total. The number of sulfonamides is 1. The second kappa shape index (κ2) is 8.79. The van der Waals surface area contributed by atoms with Crippen LogP contribution < -0.4 is 4.72 Å². The normalized spacial score (nSPS) is 11.3.